The molecule has 8 heteroatoms. The number of imidazole rings is 1. The molecule has 2 atom stereocenters. The van der Waals surface area contributed by atoms with E-state index in [0.29, 0.717) is 13.1 Å². The van der Waals surface area contributed by atoms with Crippen LogP contribution >= 0.6 is 11.3 Å². The number of piperazine rings is 1. The van der Waals surface area contributed by atoms with Crippen molar-refractivity contribution in [1.29, 1.82) is 0 Å². The highest BCUT2D eigenvalue weighted by Crippen LogP contribution is 2.26. The lowest BCUT2D eigenvalue weighted by atomic mass is 10.1. The summed E-state index contributed by atoms with van der Waals surface area (Å²) < 4.78 is 1.95. The van der Waals surface area contributed by atoms with Gasteiger partial charge in [-0.1, -0.05) is 6.07 Å². The number of hydrogen-bond donors (Lipinski definition) is 2. The third-order valence-electron chi connectivity index (χ3n) is 4.36. The monoisotopic (exact) mass is 361 g/mol. The molecule has 3 rings (SSSR count). The molecule has 0 bridgehead atoms. The molecule has 25 heavy (non-hydrogen) atoms. The maximum Gasteiger partial charge on any atom is 0.225 e. The predicted molar refractivity (Wildman–Crippen MR) is 96.0 cm³/mol. The molecule has 2 aromatic rings. The molecular weight excluding hydrogens is 338 g/mol. The lowest BCUT2D eigenvalue weighted by Gasteiger charge is -2.36. The van der Waals surface area contributed by atoms with E-state index in [-0.39, 0.29) is 30.3 Å². The van der Waals surface area contributed by atoms with Crippen LogP contribution < -0.4 is 10.6 Å². The van der Waals surface area contributed by atoms with Gasteiger partial charge in [0.15, 0.2) is 0 Å². The fraction of sp³-hybridized carbons (Fsp3) is 0.471. The minimum absolute atomic E-state index is 0.0293. The summed E-state index contributed by atoms with van der Waals surface area (Å²) in [7, 11) is 1.94. The second kappa shape index (κ2) is 7.79. The van der Waals surface area contributed by atoms with Crippen LogP contribution in [-0.4, -0.2) is 45.9 Å². The summed E-state index contributed by atoms with van der Waals surface area (Å²) in [4.78, 5) is 31.8. The summed E-state index contributed by atoms with van der Waals surface area (Å²) >= 11 is 1.55. The van der Waals surface area contributed by atoms with Gasteiger partial charge < -0.3 is 20.1 Å². The van der Waals surface area contributed by atoms with Gasteiger partial charge in [0.25, 0.3) is 0 Å². The predicted octanol–water partition coefficient (Wildman–Crippen LogP) is 1.22. The first-order valence-electron chi connectivity index (χ1n) is 8.34. The molecule has 2 aromatic heterocycles. The second-order valence-electron chi connectivity index (χ2n) is 6.18. The molecule has 1 fully saturated rings. The van der Waals surface area contributed by atoms with Crippen molar-refractivity contribution in [3.63, 3.8) is 0 Å². The molecule has 2 N–H and O–H groups in total. The highest BCUT2D eigenvalue weighted by atomic mass is 32.1. The smallest absolute Gasteiger partial charge is 0.225 e. The van der Waals surface area contributed by atoms with Crippen LogP contribution in [0.25, 0.3) is 0 Å². The summed E-state index contributed by atoms with van der Waals surface area (Å²) in [6, 6.07) is 3.50. The number of nitrogens with zero attached hydrogens (tertiary/aromatic N) is 3. The molecular formula is C17H23N5O2S. The summed E-state index contributed by atoms with van der Waals surface area (Å²) in [5, 5.41) is 8.19. The quantitative estimate of drug-likeness (QED) is 0.839. The first kappa shape index (κ1) is 17.6. The standard InChI is InChI=1S/C17H23N5O2S/c1-12(23)20-13(15-4-3-9-25-15)10-16(24)22-8-5-18-11-14(22)17-19-6-7-21(17)2/h3-4,6-7,9,13-14,18H,5,8,10-11H2,1-2H3,(H,20,23). The van der Waals surface area contributed by atoms with Crippen LogP contribution in [0.15, 0.2) is 29.9 Å². The van der Waals surface area contributed by atoms with E-state index in [9.17, 15) is 9.59 Å². The molecule has 0 radical (unpaired) electrons. The van der Waals surface area contributed by atoms with Gasteiger partial charge in [-0.3, -0.25) is 9.59 Å². The van der Waals surface area contributed by atoms with Crippen molar-refractivity contribution in [2.75, 3.05) is 19.6 Å². The largest absolute Gasteiger partial charge is 0.348 e. The minimum atomic E-state index is -0.290. The molecule has 2 amide bonds. The molecule has 3 heterocycles. The number of carbonyl (C=O) groups is 2. The van der Waals surface area contributed by atoms with Crippen LogP contribution in [0.3, 0.4) is 0 Å². The Balaban J connectivity index is 1.77. The van der Waals surface area contributed by atoms with Crippen LogP contribution in [0.2, 0.25) is 0 Å². The van der Waals surface area contributed by atoms with Crippen molar-refractivity contribution >= 4 is 23.2 Å². The van der Waals surface area contributed by atoms with Gasteiger partial charge in [0, 0.05) is 50.9 Å². The number of amides is 2. The SMILES string of the molecule is CC(=O)NC(CC(=O)N1CCNCC1c1nccn1C)c1cccs1. The van der Waals surface area contributed by atoms with E-state index in [1.807, 2.05) is 40.2 Å². The fourth-order valence-corrected chi connectivity index (χ4v) is 3.96. The van der Waals surface area contributed by atoms with E-state index in [2.05, 4.69) is 15.6 Å². The number of nitrogens with one attached hydrogen (secondary N) is 2. The zero-order chi connectivity index (χ0) is 17.8. The van der Waals surface area contributed by atoms with Gasteiger partial charge in [-0.25, -0.2) is 4.98 Å². The van der Waals surface area contributed by atoms with Crippen LogP contribution in [0.4, 0.5) is 0 Å². The number of rotatable bonds is 5. The molecule has 1 saturated heterocycles. The van der Waals surface area contributed by atoms with Crippen LogP contribution in [0, 0.1) is 0 Å². The molecule has 1 aliphatic rings. The Morgan fingerprint density at radius 3 is 3.00 bits per heavy atom. The summed E-state index contributed by atoms with van der Waals surface area (Å²) in [6.07, 6.45) is 3.89. The molecule has 0 aromatic carbocycles. The molecule has 7 nitrogen and oxygen atoms in total. The van der Waals surface area contributed by atoms with Gasteiger partial charge in [-0.05, 0) is 11.4 Å². The number of thiophene rings is 1. The zero-order valence-corrected chi connectivity index (χ0v) is 15.3. The maximum atomic E-state index is 13.0. The molecule has 0 saturated carbocycles. The Labute approximate surface area is 151 Å². The Hall–Kier alpha value is -2.19. The van der Waals surface area contributed by atoms with Gasteiger partial charge in [0.2, 0.25) is 11.8 Å². The van der Waals surface area contributed by atoms with E-state index < -0.39 is 0 Å². The molecule has 2 unspecified atom stereocenters. The van der Waals surface area contributed by atoms with E-state index in [4.69, 9.17) is 0 Å². The van der Waals surface area contributed by atoms with Crippen LogP contribution in [-0.2, 0) is 16.6 Å². The van der Waals surface area contributed by atoms with Gasteiger partial charge in [-0.2, -0.15) is 0 Å². The highest BCUT2D eigenvalue weighted by Gasteiger charge is 2.32. The second-order valence-corrected chi connectivity index (χ2v) is 7.16. The number of hydrogen-bond acceptors (Lipinski definition) is 5. The van der Waals surface area contributed by atoms with Crippen molar-refractivity contribution in [3.8, 4) is 0 Å². The Morgan fingerprint density at radius 1 is 1.52 bits per heavy atom. The molecule has 0 aliphatic carbocycles. The number of aryl methyl sites for hydroxylation is 1. The zero-order valence-electron chi connectivity index (χ0n) is 14.4. The van der Waals surface area contributed by atoms with E-state index in [0.717, 1.165) is 17.2 Å². The van der Waals surface area contributed by atoms with Crippen molar-refractivity contribution in [2.45, 2.75) is 25.4 Å². The van der Waals surface area contributed by atoms with Crippen LogP contribution in [0.5, 0.6) is 0 Å². The normalized spacial score (nSPS) is 18.8. The summed E-state index contributed by atoms with van der Waals surface area (Å²) in [6.45, 7) is 3.55. The molecule has 0 spiro atoms. The van der Waals surface area contributed by atoms with Gasteiger partial charge in [-0.15, -0.1) is 11.3 Å². The lowest BCUT2D eigenvalue weighted by Crippen LogP contribution is -2.50. The third-order valence-corrected chi connectivity index (χ3v) is 5.35. The van der Waals surface area contributed by atoms with Gasteiger partial charge in [0.05, 0.1) is 12.5 Å². The molecule has 134 valence electrons. The Bertz CT molecular complexity index is 727. The fourth-order valence-electron chi connectivity index (χ4n) is 3.18. The van der Waals surface area contributed by atoms with E-state index in [1.165, 1.54) is 6.92 Å². The van der Waals surface area contributed by atoms with Crippen LogP contribution in [0.1, 0.15) is 36.1 Å². The lowest BCUT2D eigenvalue weighted by molar-refractivity contribution is -0.135. The number of carbonyl (C=O) groups excluding carboxylic acids is 2. The van der Waals surface area contributed by atoms with E-state index in [1.54, 1.807) is 17.5 Å². The van der Waals surface area contributed by atoms with Gasteiger partial charge in [0.1, 0.15) is 11.9 Å². The minimum Gasteiger partial charge on any atom is -0.348 e. The van der Waals surface area contributed by atoms with Crippen molar-refractivity contribution < 1.29 is 9.59 Å². The molecule has 1 aliphatic heterocycles. The average molecular weight is 361 g/mol. The topological polar surface area (TPSA) is 79.3 Å². The third kappa shape index (κ3) is 4.08. The maximum absolute atomic E-state index is 13.0. The van der Waals surface area contributed by atoms with Crippen molar-refractivity contribution in [3.05, 3.63) is 40.6 Å². The van der Waals surface area contributed by atoms with Gasteiger partial charge >= 0.3 is 0 Å². The Kier molecular flexibility index (Phi) is 5.50. The summed E-state index contributed by atoms with van der Waals surface area (Å²) in [5.41, 5.74) is 0. The first-order chi connectivity index (χ1) is 12.1. The Morgan fingerprint density at radius 2 is 2.36 bits per heavy atom. The van der Waals surface area contributed by atoms with E-state index >= 15 is 0 Å². The first-order valence-corrected chi connectivity index (χ1v) is 9.22. The van der Waals surface area contributed by atoms with Crippen molar-refractivity contribution in [1.82, 2.24) is 25.1 Å². The average Bonchev–Trinajstić information content (AvgIpc) is 3.25. The van der Waals surface area contributed by atoms with Crippen molar-refractivity contribution in [2.24, 2.45) is 7.05 Å². The number of aromatic nitrogens is 2. The summed E-state index contributed by atoms with van der Waals surface area (Å²) in [5.74, 6) is 0.765. The highest BCUT2D eigenvalue weighted by molar-refractivity contribution is 7.10.